The van der Waals surface area contributed by atoms with Crippen molar-refractivity contribution in [3.63, 3.8) is 0 Å². The molecule has 1 aromatic carbocycles. The zero-order valence-corrected chi connectivity index (χ0v) is 18.1. The van der Waals surface area contributed by atoms with E-state index in [1.165, 1.54) is 6.07 Å². The molecule has 0 radical (unpaired) electrons. The second-order valence-electron chi connectivity index (χ2n) is 7.72. The fourth-order valence-corrected chi connectivity index (χ4v) is 4.17. The molecule has 1 fully saturated rings. The minimum absolute atomic E-state index is 0.130. The molecule has 0 spiro atoms. The Balaban J connectivity index is 1.91. The average Bonchev–Trinajstić information content (AvgIpc) is 2.69. The molecule has 0 unspecified atom stereocenters. The maximum absolute atomic E-state index is 12.6. The summed E-state index contributed by atoms with van der Waals surface area (Å²) >= 11 is 0. The van der Waals surface area contributed by atoms with E-state index in [-0.39, 0.29) is 23.6 Å². The second kappa shape index (κ2) is 10.7. The third-order valence-corrected chi connectivity index (χ3v) is 7.04. The molecule has 162 valence electrons. The first-order valence-electron chi connectivity index (χ1n) is 10.2. The van der Waals surface area contributed by atoms with E-state index < -0.39 is 15.3 Å². The Labute approximate surface area is 172 Å². The van der Waals surface area contributed by atoms with Gasteiger partial charge in [-0.05, 0) is 63.3 Å². The van der Waals surface area contributed by atoms with Crippen LogP contribution in [-0.2, 0) is 14.8 Å². The topological polar surface area (TPSA) is 114 Å². The Morgan fingerprint density at radius 3 is 2.52 bits per heavy atom. The first-order valence-corrected chi connectivity index (χ1v) is 11.7. The molecule has 1 saturated carbocycles. The van der Waals surface area contributed by atoms with Gasteiger partial charge in [-0.1, -0.05) is 13.3 Å². The number of hydrogen-bond acceptors (Lipinski definition) is 6. The molecule has 0 bridgehead atoms. The number of nitroso groups, excluding NO2 is 1. The Bertz CT molecular complexity index is 802. The highest BCUT2D eigenvalue weighted by Crippen LogP contribution is 2.32. The Morgan fingerprint density at radius 1 is 1.24 bits per heavy atom. The van der Waals surface area contributed by atoms with Gasteiger partial charge < -0.3 is 10.1 Å². The number of hydrogen-bond donors (Lipinski definition) is 2. The van der Waals surface area contributed by atoms with Gasteiger partial charge in [-0.3, -0.25) is 4.79 Å². The van der Waals surface area contributed by atoms with E-state index in [1.54, 1.807) is 26.0 Å². The predicted octanol–water partition coefficient (Wildman–Crippen LogP) is 4.09. The quantitative estimate of drug-likeness (QED) is 0.433. The van der Waals surface area contributed by atoms with Crippen LogP contribution in [0.15, 0.2) is 23.4 Å². The van der Waals surface area contributed by atoms with E-state index in [1.807, 2.05) is 0 Å². The van der Waals surface area contributed by atoms with E-state index in [4.69, 9.17) is 4.74 Å². The summed E-state index contributed by atoms with van der Waals surface area (Å²) < 4.78 is 32.3. The van der Waals surface area contributed by atoms with E-state index >= 15 is 0 Å². The van der Waals surface area contributed by atoms with Crippen molar-refractivity contribution >= 4 is 27.3 Å². The second-order valence-corrected chi connectivity index (χ2v) is 9.99. The maximum atomic E-state index is 12.6. The highest BCUT2D eigenvalue weighted by atomic mass is 32.2. The summed E-state index contributed by atoms with van der Waals surface area (Å²) in [5, 5.41) is 5.31. The van der Waals surface area contributed by atoms with Gasteiger partial charge in [0.2, 0.25) is 15.9 Å². The predicted molar refractivity (Wildman–Crippen MR) is 114 cm³/mol. The van der Waals surface area contributed by atoms with Crippen LogP contribution in [0.5, 0.6) is 5.75 Å². The van der Waals surface area contributed by atoms with Crippen molar-refractivity contribution in [3.05, 3.63) is 23.1 Å². The molecule has 0 aromatic heterocycles. The summed E-state index contributed by atoms with van der Waals surface area (Å²) in [6.07, 6.45) is 4.30. The minimum Gasteiger partial charge on any atom is -0.494 e. The fraction of sp³-hybridized carbons (Fsp3) is 0.650. The molecule has 0 atom stereocenters. The number of nitrogens with one attached hydrogen (secondary N) is 2. The number of rotatable bonds is 10. The molecule has 2 N–H and O–H groups in total. The van der Waals surface area contributed by atoms with Gasteiger partial charge in [-0.15, -0.1) is 4.91 Å². The minimum atomic E-state index is -3.32. The van der Waals surface area contributed by atoms with Crippen molar-refractivity contribution in [3.8, 4) is 5.75 Å². The standard InChI is InChI=1S/C20H31N3O5S/c1-4-5-12-28-17-10-11-18(19(13-17)22-25)21-20(24)15-6-8-16(9-7-15)23-29(26,27)14(2)3/h10-11,13-16,23H,4-9,12H2,1-3H3,(H,21,24). The summed E-state index contributed by atoms with van der Waals surface area (Å²) in [6, 6.07) is 4.71. The summed E-state index contributed by atoms with van der Waals surface area (Å²) in [5.74, 6) is 0.137. The Hall–Kier alpha value is -2.00. The molecule has 8 nitrogen and oxygen atoms in total. The summed E-state index contributed by atoms with van der Waals surface area (Å²) in [4.78, 5) is 23.8. The van der Waals surface area contributed by atoms with Crippen LogP contribution >= 0.6 is 0 Å². The van der Waals surface area contributed by atoms with Gasteiger partial charge in [-0.2, -0.15) is 0 Å². The Kier molecular flexibility index (Phi) is 8.58. The molecule has 2 rings (SSSR count). The van der Waals surface area contributed by atoms with Crippen LogP contribution in [0, 0.1) is 10.8 Å². The van der Waals surface area contributed by atoms with Gasteiger partial charge in [0, 0.05) is 18.0 Å². The lowest BCUT2D eigenvalue weighted by atomic mass is 9.86. The number of benzene rings is 1. The number of unbranched alkanes of at least 4 members (excludes halogenated alkanes) is 1. The van der Waals surface area contributed by atoms with Crippen LogP contribution in [0.1, 0.15) is 59.3 Å². The number of anilines is 1. The van der Waals surface area contributed by atoms with Crippen LogP contribution < -0.4 is 14.8 Å². The third kappa shape index (κ3) is 6.78. The van der Waals surface area contributed by atoms with E-state index in [9.17, 15) is 18.1 Å². The molecule has 1 aliphatic rings. The zero-order chi connectivity index (χ0) is 21.4. The van der Waals surface area contributed by atoms with E-state index in [2.05, 4.69) is 22.1 Å². The molecule has 0 aliphatic heterocycles. The number of sulfonamides is 1. The summed E-state index contributed by atoms with van der Waals surface area (Å²) in [6.45, 7) is 5.90. The van der Waals surface area contributed by atoms with Crippen LogP contribution in [0.2, 0.25) is 0 Å². The largest absolute Gasteiger partial charge is 0.494 e. The summed E-state index contributed by atoms with van der Waals surface area (Å²) in [5.41, 5.74) is 0.487. The number of nitrogens with zero attached hydrogens (tertiary/aromatic N) is 1. The van der Waals surface area contributed by atoms with Crippen molar-refractivity contribution in [1.29, 1.82) is 0 Å². The normalized spacial score (nSPS) is 19.7. The fourth-order valence-electron chi connectivity index (χ4n) is 3.19. The van der Waals surface area contributed by atoms with Gasteiger partial charge in [0.05, 0.1) is 17.5 Å². The molecular weight excluding hydrogens is 394 g/mol. The van der Waals surface area contributed by atoms with Crippen molar-refractivity contribution < 1.29 is 17.9 Å². The SMILES string of the molecule is CCCCOc1ccc(NC(=O)C2CCC(NS(=O)(=O)C(C)C)CC2)c(N=O)c1. The van der Waals surface area contributed by atoms with Gasteiger partial charge in [-0.25, -0.2) is 13.1 Å². The highest BCUT2D eigenvalue weighted by molar-refractivity contribution is 7.90. The van der Waals surface area contributed by atoms with E-state index in [0.29, 0.717) is 43.7 Å². The lowest BCUT2D eigenvalue weighted by Crippen LogP contribution is -2.42. The van der Waals surface area contributed by atoms with Crippen LogP contribution in [0.25, 0.3) is 0 Å². The van der Waals surface area contributed by atoms with Crippen LogP contribution in [0.3, 0.4) is 0 Å². The molecule has 0 saturated heterocycles. The van der Waals surface area contributed by atoms with Gasteiger partial charge >= 0.3 is 0 Å². The number of amides is 1. The maximum Gasteiger partial charge on any atom is 0.227 e. The third-order valence-electron chi connectivity index (χ3n) is 5.14. The van der Waals surface area contributed by atoms with Crippen molar-refractivity contribution in [2.24, 2.45) is 11.1 Å². The molecule has 1 aromatic rings. The molecule has 9 heteroatoms. The molecule has 1 aliphatic carbocycles. The average molecular weight is 426 g/mol. The number of ether oxygens (including phenoxy) is 1. The lowest BCUT2D eigenvalue weighted by Gasteiger charge is -2.28. The monoisotopic (exact) mass is 425 g/mol. The first kappa shape index (κ1) is 23.3. The molecule has 0 heterocycles. The van der Waals surface area contributed by atoms with Gasteiger partial charge in [0.15, 0.2) is 0 Å². The van der Waals surface area contributed by atoms with Crippen molar-refractivity contribution in [1.82, 2.24) is 4.72 Å². The van der Waals surface area contributed by atoms with Crippen LogP contribution in [0.4, 0.5) is 11.4 Å². The van der Waals surface area contributed by atoms with Crippen molar-refractivity contribution in [2.45, 2.75) is 70.6 Å². The van der Waals surface area contributed by atoms with Gasteiger partial charge in [0.1, 0.15) is 11.4 Å². The Morgan fingerprint density at radius 2 is 1.93 bits per heavy atom. The summed E-state index contributed by atoms with van der Waals surface area (Å²) in [7, 11) is -3.32. The van der Waals surface area contributed by atoms with Gasteiger partial charge in [0.25, 0.3) is 0 Å². The number of carbonyl (C=O) groups excluding carboxylic acids is 1. The molecule has 1 amide bonds. The number of carbonyl (C=O) groups is 1. The van der Waals surface area contributed by atoms with Crippen molar-refractivity contribution in [2.75, 3.05) is 11.9 Å². The molecule has 29 heavy (non-hydrogen) atoms. The first-order chi connectivity index (χ1) is 13.8. The van der Waals surface area contributed by atoms with Crippen LogP contribution in [-0.4, -0.2) is 32.2 Å². The highest BCUT2D eigenvalue weighted by Gasteiger charge is 2.29. The lowest BCUT2D eigenvalue weighted by molar-refractivity contribution is -0.120. The smallest absolute Gasteiger partial charge is 0.227 e. The zero-order valence-electron chi connectivity index (χ0n) is 17.3. The van der Waals surface area contributed by atoms with E-state index in [0.717, 1.165) is 12.8 Å². The molecular formula is C20H31N3O5S.